The van der Waals surface area contributed by atoms with Crippen LogP contribution in [0, 0.1) is 0 Å². The van der Waals surface area contributed by atoms with Crippen molar-refractivity contribution in [1.82, 2.24) is 15.5 Å². The molecule has 1 heterocycles. The Morgan fingerprint density at radius 2 is 2.00 bits per heavy atom. The van der Waals surface area contributed by atoms with Gasteiger partial charge in [0.05, 0.1) is 6.54 Å². The lowest BCUT2D eigenvalue weighted by Gasteiger charge is -2.34. The number of rotatable bonds is 6. The molecule has 4 nitrogen and oxygen atoms in total. The molecule has 1 amide bonds. The number of nitrogens with one attached hydrogen (secondary N) is 2. The molecule has 1 fully saturated rings. The van der Waals surface area contributed by atoms with Crippen LogP contribution in [0.3, 0.4) is 0 Å². The monoisotopic (exact) mass is 281 g/mol. The Hall–Kier alpha value is -0.820. The Morgan fingerprint density at radius 1 is 1.37 bits per heavy atom. The highest BCUT2D eigenvalue weighted by molar-refractivity contribution is 5.78. The quantitative estimate of drug-likeness (QED) is 0.767. The van der Waals surface area contributed by atoms with Crippen LogP contribution in [0.15, 0.2) is 0 Å². The summed E-state index contributed by atoms with van der Waals surface area (Å²) in [5, 5.41) is 5.16. The third-order valence-electron chi connectivity index (χ3n) is 3.17. The topological polar surface area (TPSA) is 44.4 Å². The van der Waals surface area contributed by atoms with Crippen LogP contribution in [0.5, 0.6) is 0 Å². The van der Waals surface area contributed by atoms with Gasteiger partial charge in [-0.2, -0.15) is 13.2 Å². The largest absolute Gasteiger partial charge is 0.405 e. The highest BCUT2D eigenvalue weighted by Gasteiger charge is 2.28. The molecule has 0 aromatic carbocycles. The van der Waals surface area contributed by atoms with E-state index in [9.17, 15) is 18.0 Å². The summed E-state index contributed by atoms with van der Waals surface area (Å²) in [6.07, 6.45) is -1.59. The predicted octanol–water partition coefficient (Wildman–Crippen LogP) is 1.13. The first kappa shape index (κ1) is 16.2. The fraction of sp³-hybridized carbons (Fsp3) is 0.917. The maximum absolute atomic E-state index is 12.0. The molecule has 0 aliphatic carbocycles. The Bertz CT molecular complexity index is 278. The Kier molecular flexibility index (Phi) is 6.57. The first-order chi connectivity index (χ1) is 8.92. The fourth-order valence-electron chi connectivity index (χ4n) is 2.29. The van der Waals surface area contributed by atoms with Gasteiger partial charge in [0, 0.05) is 6.04 Å². The van der Waals surface area contributed by atoms with E-state index < -0.39 is 18.6 Å². The minimum Gasteiger partial charge on any atom is -0.346 e. The molecule has 0 aromatic rings. The first-order valence-electron chi connectivity index (χ1n) is 6.70. The normalized spacial score (nSPS) is 17.7. The lowest BCUT2D eigenvalue weighted by molar-refractivity contribution is -0.139. The SMILES string of the molecule is CCCN(CC(=O)NCC(F)(F)F)C1CCNCC1. The third-order valence-corrected chi connectivity index (χ3v) is 3.17. The molecule has 2 N–H and O–H groups in total. The number of nitrogens with zero attached hydrogens (tertiary/aromatic N) is 1. The van der Waals surface area contributed by atoms with Gasteiger partial charge < -0.3 is 10.6 Å². The number of amides is 1. The number of carbonyl (C=O) groups excluding carboxylic acids is 1. The molecule has 0 aromatic heterocycles. The zero-order valence-electron chi connectivity index (χ0n) is 11.2. The van der Waals surface area contributed by atoms with Crippen LogP contribution in [0.1, 0.15) is 26.2 Å². The highest BCUT2D eigenvalue weighted by Crippen LogP contribution is 2.13. The minimum absolute atomic E-state index is 0.0502. The fourth-order valence-corrected chi connectivity index (χ4v) is 2.29. The van der Waals surface area contributed by atoms with Crippen LogP contribution in [0.4, 0.5) is 13.2 Å². The van der Waals surface area contributed by atoms with E-state index in [1.54, 1.807) is 0 Å². The molecule has 1 aliphatic heterocycles. The summed E-state index contributed by atoms with van der Waals surface area (Å²) in [5.41, 5.74) is 0. The maximum atomic E-state index is 12.0. The van der Waals surface area contributed by atoms with Gasteiger partial charge in [0.25, 0.3) is 0 Å². The molecular weight excluding hydrogens is 259 g/mol. The van der Waals surface area contributed by atoms with Gasteiger partial charge in [-0.1, -0.05) is 6.92 Å². The molecule has 1 saturated heterocycles. The number of alkyl halides is 3. The van der Waals surface area contributed by atoms with E-state index in [0.717, 1.165) is 38.9 Å². The summed E-state index contributed by atoms with van der Waals surface area (Å²) in [6, 6.07) is 0.290. The standard InChI is InChI=1S/C12H22F3N3O/c1-2-7-18(10-3-5-16-6-4-10)8-11(19)17-9-12(13,14)15/h10,16H,2-9H2,1H3,(H,17,19). The zero-order valence-corrected chi connectivity index (χ0v) is 11.2. The van der Waals surface area contributed by atoms with Crippen molar-refractivity contribution >= 4 is 5.91 Å². The molecule has 0 radical (unpaired) electrons. The van der Waals surface area contributed by atoms with E-state index in [4.69, 9.17) is 0 Å². The first-order valence-corrected chi connectivity index (χ1v) is 6.70. The third kappa shape index (κ3) is 6.77. The molecule has 0 atom stereocenters. The number of halogens is 3. The zero-order chi connectivity index (χ0) is 14.3. The molecule has 0 bridgehead atoms. The van der Waals surface area contributed by atoms with Crippen molar-refractivity contribution in [2.24, 2.45) is 0 Å². The van der Waals surface area contributed by atoms with Crippen molar-refractivity contribution in [1.29, 1.82) is 0 Å². The van der Waals surface area contributed by atoms with Crippen LogP contribution >= 0.6 is 0 Å². The second kappa shape index (κ2) is 7.69. The molecule has 1 aliphatic rings. The molecule has 1 rings (SSSR count). The van der Waals surface area contributed by atoms with Crippen LogP contribution in [0.2, 0.25) is 0 Å². The summed E-state index contributed by atoms with van der Waals surface area (Å²) >= 11 is 0. The van der Waals surface area contributed by atoms with Crippen LogP contribution in [-0.4, -0.2) is 55.7 Å². The van der Waals surface area contributed by atoms with E-state index in [2.05, 4.69) is 5.32 Å². The Balaban J connectivity index is 2.41. The van der Waals surface area contributed by atoms with E-state index in [1.165, 1.54) is 0 Å². The van der Waals surface area contributed by atoms with Crippen molar-refractivity contribution in [2.45, 2.75) is 38.4 Å². The predicted molar refractivity (Wildman–Crippen MR) is 66.8 cm³/mol. The second-order valence-corrected chi connectivity index (χ2v) is 4.84. The van der Waals surface area contributed by atoms with Crippen LogP contribution in [-0.2, 0) is 4.79 Å². The van der Waals surface area contributed by atoms with Gasteiger partial charge in [0.15, 0.2) is 0 Å². The number of hydrogen-bond acceptors (Lipinski definition) is 3. The molecule has 0 unspecified atom stereocenters. The van der Waals surface area contributed by atoms with E-state index >= 15 is 0 Å². The molecule has 112 valence electrons. The van der Waals surface area contributed by atoms with Crippen molar-refractivity contribution in [2.75, 3.05) is 32.7 Å². The van der Waals surface area contributed by atoms with Gasteiger partial charge in [-0.05, 0) is 38.9 Å². The van der Waals surface area contributed by atoms with Gasteiger partial charge in [0.2, 0.25) is 5.91 Å². The molecule has 0 saturated carbocycles. The Labute approximate surface area is 111 Å². The number of hydrogen-bond donors (Lipinski definition) is 2. The summed E-state index contributed by atoms with van der Waals surface area (Å²) in [5.74, 6) is -0.552. The second-order valence-electron chi connectivity index (χ2n) is 4.84. The minimum atomic E-state index is -4.35. The molecular formula is C12H22F3N3O. The number of carbonyl (C=O) groups is 1. The van der Waals surface area contributed by atoms with Crippen molar-refractivity contribution in [3.8, 4) is 0 Å². The van der Waals surface area contributed by atoms with E-state index in [1.807, 2.05) is 17.1 Å². The lowest BCUT2D eigenvalue weighted by Crippen LogP contribution is -2.48. The Morgan fingerprint density at radius 3 is 2.53 bits per heavy atom. The summed E-state index contributed by atoms with van der Waals surface area (Å²) < 4.78 is 36.1. The van der Waals surface area contributed by atoms with Crippen molar-refractivity contribution < 1.29 is 18.0 Å². The van der Waals surface area contributed by atoms with Gasteiger partial charge in [0.1, 0.15) is 6.54 Å². The lowest BCUT2D eigenvalue weighted by atomic mass is 10.0. The highest BCUT2D eigenvalue weighted by atomic mass is 19.4. The van der Waals surface area contributed by atoms with E-state index in [0.29, 0.717) is 0 Å². The van der Waals surface area contributed by atoms with Gasteiger partial charge in [-0.25, -0.2) is 0 Å². The summed E-state index contributed by atoms with van der Waals surface area (Å²) in [7, 11) is 0. The van der Waals surface area contributed by atoms with Gasteiger partial charge in [-0.15, -0.1) is 0 Å². The molecule has 19 heavy (non-hydrogen) atoms. The maximum Gasteiger partial charge on any atom is 0.405 e. The van der Waals surface area contributed by atoms with Gasteiger partial charge >= 0.3 is 6.18 Å². The number of piperidine rings is 1. The van der Waals surface area contributed by atoms with Crippen molar-refractivity contribution in [3.05, 3.63) is 0 Å². The summed E-state index contributed by atoms with van der Waals surface area (Å²) in [6.45, 7) is 3.34. The average molecular weight is 281 g/mol. The average Bonchev–Trinajstić information content (AvgIpc) is 2.36. The van der Waals surface area contributed by atoms with Gasteiger partial charge in [-0.3, -0.25) is 9.69 Å². The molecule has 7 heteroatoms. The smallest absolute Gasteiger partial charge is 0.346 e. The van der Waals surface area contributed by atoms with E-state index in [-0.39, 0.29) is 12.6 Å². The van der Waals surface area contributed by atoms with Crippen LogP contribution < -0.4 is 10.6 Å². The van der Waals surface area contributed by atoms with Crippen LogP contribution in [0.25, 0.3) is 0 Å². The summed E-state index contributed by atoms with van der Waals surface area (Å²) in [4.78, 5) is 13.5. The molecule has 0 spiro atoms. The van der Waals surface area contributed by atoms with Crippen molar-refractivity contribution in [3.63, 3.8) is 0 Å².